The second-order valence-corrected chi connectivity index (χ2v) is 6.38. The summed E-state index contributed by atoms with van der Waals surface area (Å²) < 4.78 is 44.7. The molecule has 1 atom stereocenters. The van der Waals surface area contributed by atoms with Crippen molar-refractivity contribution in [2.75, 3.05) is 13.1 Å². The first-order valence-corrected chi connectivity index (χ1v) is 7.84. The Hall–Kier alpha value is -2.55. The van der Waals surface area contributed by atoms with Crippen molar-refractivity contribution in [2.24, 2.45) is 5.41 Å². The highest BCUT2D eigenvalue weighted by atomic mass is 35.5. The number of halogens is 4. The first kappa shape index (κ1) is 18.2. The van der Waals surface area contributed by atoms with E-state index in [1.165, 1.54) is 6.07 Å². The summed E-state index contributed by atoms with van der Waals surface area (Å²) in [5.41, 5.74) is -2.58. The minimum absolute atomic E-state index is 0.196. The van der Waals surface area contributed by atoms with Crippen LogP contribution in [0.4, 0.5) is 13.2 Å². The molecule has 2 heterocycles. The summed E-state index contributed by atoms with van der Waals surface area (Å²) in [6.07, 6.45) is -5.67. The van der Waals surface area contributed by atoms with Crippen molar-refractivity contribution in [1.29, 1.82) is 0 Å². The molecule has 26 heavy (non-hydrogen) atoms. The van der Waals surface area contributed by atoms with E-state index in [1.807, 2.05) is 0 Å². The third-order valence-electron chi connectivity index (χ3n) is 4.37. The Bertz CT molecular complexity index is 850. The summed E-state index contributed by atoms with van der Waals surface area (Å²) in [7, 11) is 0. The zero-order chi connectivity index (χ0) is 19.1. The Kier molecular flexibility index (Phi) is 4.43. The molecule has 1 aromatic heterocycles. The van der Waals surface area contributed by atoms with Crippen molar-refractivity contribution < 1.29 is 32.4 Å². The Balaban J connectivity index is 1.81. The molecule has 1 fully saturated rings. The maximum atomic E-state index is 13.2. The molecular weight excluding hydrogens is 377 g/mol. The minimum Gasteiger partial charge on any atom is -0.481 e. The zero-order valence-corrected chi connectivity index (χ0v) is 13.8. The molecule has 3 rings (SSSR count). The number of rotatable bonds is 3. The van der Waals surface area contributed by atoms with Gasteiger partial charge in [0, 0.05) is 29.7 Å². The molecule has 6 nitrogen and oxygen atoms in total. The molecule has 1 aliphatic rings. The summed E-state index contributed by atoms with van der Waals surface area (Å²) >= 11 is 5.78. The number of carboxylic acid groups (broad SMARTS) is 1. The molecule has 138 valence electrons. The summed E-state index contributed by atoms with van der Waals surface area (Å²) in [5.74, 6) is -2.58. The predicted molar refractivity (Wildman–Crippen MR) is 83.6 cm³/mol. The lowest BCUT2D eigenvalue weighted by Crippen LogP contribution is -2.47. The second-order valence-electron chi connectivity index (χ2n) is 5.95. The third-order valence-corrected chi connectivity index (χ3v) is 4.62. The highest BCUT2D eigenvalue weighted by Crippen LogP contribution is 2.46. The van der Waals surface area contributed by atoms with Crippen LogP contribution in [0.5, 0.6) is 0 Å². The summed E-state index contributed by atoms with van der Waals surface area (Å²) in [5, 5.41) is 13.1. The third kappa shape index (κ3) is 3.03. The van der Waals surface area contributed by atoms with Crippen LogP contribution >= 0.6 is 11.6 Å². The van der Waals surface area contributed by atoms with Gasteiger partial charge in [-0.3, -0.25) is 9.59 Å². The van der Waals surface area contributed by atoms with Crippen molar-refractivity contribution in [3.8, 4) is 11.3 Å². The summed E-state index contributed by atoms with van der Waals surface area (Å²) in [6, 6.07) is 7.76. The molecule has 0 aliphatic carbocycles. The number of carboxylic acids is 1. The number of carbonyl (C=O) groups is 2. The molecule has 1 aliphatic heterocycles. The number of aliphatic carboxylic acids is 1. The minimum atomic E-state index is -4.97. The highest BCUT2D eigenvalue weighted by molar-refractivity contribution is 6.30. The van der Waals surface area contributed by atoms with Gasteiger partial charge < -0.3 is 14.5 Å². The van der Waals surface area contributed by atoms with E-state index in [0.29, 0.717) is 10.6 Å². The predicted octanol–water partition coefficient (Wildman–Crippen LogP) is 3.47. The lowest BCUT2D eigenvalue weighted by molar-refractivity contribution is -0.227. The second kappa shape index (κ2) is 6.31. The first-order valence-electron chi connectivity index (χ1n) is 7.46. The van der Waals surface area contributed by atoms with Gasteiger partial charge >= 0.3 is 12.1 Å². The summed E-state index contributed by atoms with van der Waals surface area (Å²) in [6.45, 7) is -1.30. The van der Waals surface area contributed by atoms with E-state index >= 15 is 0 Å². The smallest absolute Gasteiger partial charge is 0.406 e. The van der Waals surface area contributed by atoms with Crippen LogP contribution < -0.4 is 0 Å². The molecule has 1 N–H and O–H groups in total. The number of hydrogen-bond acceptors (Lipinski definition) is 4. The number of aromatic nitrogens is 1. The molecule has 2 aromatic rings. The van der Waals surface area contributed by atoms with Crippen LogP contribution in [-0.4, -0.2) is 46.3 Å². The van der Waals surface area contributed by atoms with E-state index in [4.69, 9.17) is 21.2 Å². The highest BCUT2D eigenvalue weighted by Gasteiger charge is 2.64. The van der Waals surface area contributed by atoms with Gasteiger partial charge in [0.05, 0.1) is 0 Å². The standard InChI is InChI=1S/C16H12ClF3N2O4/c17-10-3-1-9(2-4-10)12-7-11(21-26-12)13(23)22-6-5-15(8-22,14(24)25)16(18,19)20/h1-4,7H,5-6,8H2,(H,24,25). The molecule has 10 heteroatoms. The van der Waals surface area contributed by atoms with Crippen molar-refractivity contribution in [3.05, 3.63) is 41.0 Å². The van der Waals surface area contributed by atoms with Crippen LogP contribution in [0.25, 0.3) is 11.3 Å². The molecule has 0 saturated carbocycles. The van der Waals surface area contributed by atoms with Gasteiger partial charge in [0.25, 0.3) is 5.91 Å². The number of alkyl halides is 3. The molecular formula is C16H12ClF3N2O4. The zero-order valence-electron chi connectivity index (χ0n) is 13.1. The van der Waals surface area contributed by atoms with Gasteiger partial charge in [-0.15, -0.1) is 0 Å². The van der Waals surface area contributed by atoms with Gasteiger partial charge in [0.15, 0.2) is 16.9 Å². The van der Waals surface area contributed by atoms with E-state index in [2.05, 4.69) is 5.16 Å². The van der Waals surface area contributed by atoms with Crippen molar-refractivity contribution >= 4 is 23.5 Å². The number of amides is 1. The van der Waals surface area contributed by atoms with Crippen LogP contribution in [0.3, 0.4) is 0 Å². The van der Waals surface area contributed by atoms with Crippen LogP contribution in [0.2, 0.25) is 5.02 Å². The number of hydrogen-bond donors (Lipinski definition) is 1. The van der Waals surface area contributed by atoms with Crippen LogP contribution in [0.1, 0.15) is 16.9 Å². The molecule has 1 unspecified atom stereocenters. The molecule has 0 bridgehead atoms. The lowest BCUT2D eigenvalue weighted by Gasteiger charge is -2.26. The maximum absolute atomic E-state index is 13.2. The largest absolute Gasteiger partial charge is 0.481 e. The van der Waals surface area contributed by atoms with Gasteiger partial charge in [-0.25, -0.2) is 0 Å². The fourth-order valence-corrected chi connectivity index (χ4v) is 2.92. The molecule has 1 amide bonds. The van der Waals surface area contributed by atoms with Crippen LogP contribution in [-0.2, 0) is 4.79 Å². The van der Waals surface area contributed by atoms with Gasteiger partial charge in [-0.2, -0.15) is 13.2 Å². The van der Waals surface area contributed by atoms with E-state index in [-0.39, 0.29) is 18.0 Å². The average Bonchev–Trinajstić information content (AvgIpc) is 3.22. The number of benzene rings is 1. The molecule has 1 saturated heterocycles. The maximum Gasteiger partial charge on any atom is 0.406 e. The Morgan fingerprint density at radius 2 is 1.92 bits per heavy atom. The quantitative estimate of drug-likeness (QED) is 0.870. The molecule has 0 spiro atoms. The van der Waals surface area contributed by atoms with E-state index < -0.39 is 36.4 Å². The van der Waals surface area contributed by atoms with Crippen molar-refractivity contribution in [3.63, 3.8) is 0 Å². The number of nitrogens with zero attached hydrogens (tertiary/aromatic N) is 2. The van der Waals surface area contributed by atoms with Gasteiger partial charge in [-0.1, -0.05) is 16.8 Å². The number of likely N-dealkylation sites (tertiary alicyclic amines) is 1. The SMILES string of the molecule is O=C(c1cc(-c2ccc(Cl)cc2)on1)N1CCC(C(=O)O)(C(F)(F)F)C1. The molecule has 1 aromatic carbocycles. The van der Waals surface area contributed by atoms with Gasteiger partial charge in [-0.05, 0) is 30.7 Å². The fourth-order valence-electron chi connectivity index (χ4n) is 2.80. The topological polar surface area (TPSA) is 83.6 Å². The van der Waals surface area contributed by atoms with Gasteiger partial charge in [0.2, 0.25) is 0 Å². The Morgan fingerprint density at radius 3 is 2.46 bits per heavy atom. The van der Waals surface area contributed by atoms with E-state index in [1.54, 1.807) is 24.3 Å². The first-order chi connectivity index (χ1) is 12.1. The number of carbonyl (C=O) groups excluding carboxylic acids is 1. The average molecular weight is 389 g/mol. The summed E-state index contributed by atoms with van der Waals surface area (Å²) in [4.78, 5) is 24.4. The van der Waals surface area contributed by atoms with E-state index in [9.17, 15) is 22.8 Å². The van der Waals surface area contributed by atoms with Crippen LogP contribution in [0, 0.1) is 5.41 Å². The lowest BCUT2D eigenvalue weighted by atomic mass is 9.86. The normalized spacial score (nSPS) is 20.4. The monoisotopic (exact) mass is 388 g/mol. The molecule has 0 radical (unpaired) electrons. The van der Waals surface area contributed by atoms with Crippen LogP contribution in [0.15, 0.2) is 34.9 Å². The fraction of sp³-hybridized carbons (Fsp3) is 0.312. The van der Waals surface area contributed by atoms with E-state index in [0.717, 1.165) is 4.90 Å². The Labute approximate surface area is 150 Å². The van der Waals surface area contributed by atoms with Crippen molar-refractivity contribution in [1.82, 2.24) is 10.1 Å². The van der Waals surface area contributed by atoms with Gasteiger partial charge in [0.1, 0.15) is 0 Å². The Morgan fingerprint density at radius 1 is 1.27 bits per heavy atom. The van der Waals surface area contributed by atoms with Crippen molar-refractivity contribution in [2.45, 2.75) is 12.6 Å².